The minimum atomic E-state index is 0.00193. The number of hydrogen-bond donors (Lipinski definition) is 1. The molecule has 0 unspecified atom stereocenters. The Balaban J connectivity index is 1.69. The van der Waals surface area contributed by atoms with Crippen LogP contribution in [0.15, 0.2) is 18.6 Å². The van der Waals surface area contributed by atoms with Crippen molar-refractivity contribution < 1.29 is 4.79 Å². The van der Waals surface area contributed by atoms with Crippen LogP contribution in [0.4, 0.5) is 11.8 Å². The van der Waals surface area contributed by atoms with Crippen molar-refractivity contribution in [2.24, 2.45) is 0 Å². The number of aromatic nitrogens is 4. The molecule has 0 atom stereocenters. The van der Waals surface area contributed by atoms with Crippen molar-refractivity contribution >= 4 is 17.7 Å². The molecule has 3 heterocycles. The average molecular weight is 341 g/mol. The summed E-state index contributed by atoms with van der Waals surface area (Å²) in [7, 11) is 0. The first-order valence-electron chi connectivity index (χ1n) is 8.52. The van der Waals surface area contributed by atoms with E-state index in [9.17, 15) is 4.79 Å². The van der Waals surface area contributed by atoms with Gasteiger partial charge in [-0.05, 0) is 13.3 Å². The lowest BCUT2D eigenvalue weighted by molar-refractivity contribution is 0.0744. The summed E-state index contributed by atoms with van der Waals surface area (Å²) in [5.41, 5.74) is 8.01. The van der Waals surface area contributed by atoms with E-state index in [0.717, 1.165) is 30.0 Å². The smallest absolute Gasteiger partial charge is 0.257 e. The molecule has 0 aliphatic carbocycles. The standard InChI is InChI=1S/C17H23N7O/c1-3-4-14-13(10-19-11-20-14)16(25)24-7-5-23(6-8-24)15-9-12(2)21-17(18)22-15/h9-11H,3-8H2,1-2H3,(H2,18,21,22). The normalized spacial score (nSPS) is 14.6. The Kier molecular flexibility index (Phi) is 5.06. The van der Waals surface area contributed by atoms with Gasteiger partial charge in [0.2, 0.25) is 5.95 Å². The van der Waals surface area contributed by atoms with E-state index in [2.05, 4.69) is 31.8 Å². The first-order valence-corrected chi connectivity index (χ1v) is 8.52. The Bertz CT molecular complexity index is 736. The van der Waals surface area contributed by atoms with Crippen LogP contribution < -0.4 is 10.6 Å². The van der Waals surface area contributed by atoms with Crippen LogP contribution in [0.1, 0.15) is 35.1 Å². The molecule has 132 valence electrons. The third-order valence-electron chi connectivity index (χ3n) is 4.26. The predicted molar refractivity (Wildman–Crippen MR) is 95.3 cm³/mol. The van der Waals surface area contributed by atoms with Crippen LogP contribution in [-0.4, -0.2) is 56.9 Å². The molecule has 2 aromatic heterocycles. The van der Waals surface area contributed by atoms with E-state index >= 15 is 0 Å². The average Bonchev–Trinajstić information content (AvgIpc) is 2.61. The third kappa shape index (κ3) is 3.84. The summed E-state index contributed by atoms with van der Waals surface area (Å²) < 4.78 is 0. The van der Waals surface area contributed by atoms with Crippen LogP contribution in [0.2, 0.25) is 0 Å². The summed E-state index contributed by atoms with van der Waals surface area (Å²) in [5.74, 6) is 1.09. The van der Waals surface area contributed by atoms with Gasteiger partial charge < -0.3 is 15.5 Å². The molecule has 0 spiro atoms. The van der Waals surface area contributed by atoms with E-state index in [-0.39, 0.29) is 11.9 Å². The van der Waals surface area contributed by atoms with Crippen molar-refractivity contribution in [1.82, 2.24) is 24.8 Å². The zero-order valence-corrected chi connectivity index (χ0v) is 14.6. The molecule has 1 fully saturated rings. The van der Waals surface area contributed by atoms with Crippen molar-refractivity contribution in [3.05, 3.63) is 35.5 Å². The minimum Gasteiger partial charge on any atom is -0.368 e. The molecule has 8 heteroatoms. The molecule has 1 aliphatic heterocycles. The van der Waals surface area contributed by atoms with Crippen molar-refractivity contribution in [3.63, 3.8) is 0 Å². The highest BCUT2D eigenvalue weighted by Gasteiger charge is 2.25. The maximum Gasteiger partial charge on any atom is 0.257 e. The zero-order valence-electron chi connectivity index (χ0n) is 14.6. The highest BCUT2D eigenvalue weighted by molar-refractivity contribution is 5.95. The number of piperazine rings is 1. The van der Waals surface area contributed by atoms with Gasteiger partial charge in [-0.15, -0.1) is 0 Å². The van der Waals surface area contributed by atoms with Crippen molar-refractivity contribution in [1.29, 1.82) is 0 Å². The summed E-state index contributed by atoms with van der Waals surface area (Å²) in [5, 5.41) is 0. The fraction of sp³-hybridized carbons (Fsp3) is 0.471. The van der Waals surface area contributed by atoms with Crippen molar-refractivity contribution in [2.45, 2.75) is 26.7 Å². The van der Waals surface area contributed by atoms with E-state index in [4.69, 9.17) is 5.73 Å². The maximum absolute atomic E-state index is 12.8. The number of nitrogen functional groups attached to an aromatic ring is 1. The first-order chi connectivity index (χ1) is 12.1. The second kappa shape index (κ2) is 7.42. The molecule has 1 amide bonds. The van der Waals surface area contributed by atoms with E-state index in [1.165, 1.54) is 6.33 Å². The molecule has 1 saturated heterocycles. The van der Waals surface area contributed by atoms with Gasteiger partial charge in [-0.2, -0.15) is 4.98 Å². The lowest BCUT2D eigenvalue weighted by Gasteiger charge is -2.35. The van der Waals surface area contributed by atoms with Crippen LogP contribution >= 0.6 is 0 Å². The number of rotatable bonds is 4. The van der Waals surface area contributed by atoms with E-state index in [0.29, 0.717) is 31.7 Å². The van der Waals surface area contributed by atoms with Gasteiger partial charge in [0.15, 0.2) is 0 Å². The molecule has 2 aromatic rings. The maximum atomic E-state index is 12.8. The molecule has 25 heavy (non-hydrogen) atoms. The summed E-state index contributed by atoms with van der Waals surface area (Å²) in [6.45, 7) is 6.64. The highest BCUT2D eigenvalue weighted by atomic mass is 16.2. The fourth-order valence-corrected chi connectivity index (χ4v) is 3.02. The van der Waals surface area contributed by atoms with Gasteiger partial charge in [-0.25, -0.2) is 15.0 Å². The Hall–Kier alpha value is -2.77. The van der Waals surface area contributed by atoms with Crippen LogP contribution in [0.25, 0.3) is 0 Å². The number of carbonyl (C=O) groups is 1. The summed E-state index contributed by atoms with van der Waals surface area (Å²) in [6, 6.07) is 1.91. The lowest BCUT2D eigenvalue weighted by atomic mass is 10.1. The Labute approximate surface area is 147 Å². The number of aryl methyl sites for hydroxylation is 2. The van der Waals surface area contributed by atoms with Crippen LogP contribution in [-0.2, 0) is 6.42 Å². The van der Waals surface area contributed by atoms with Crippen LogP contribution in [0, 0.1) is 6.92 Å². The van der Waals surface area contributed by atoms with Gasteiger partial charge in [0.25, 0.3) is 5.91 Å². The minimum absolute atomic E-state index is 0.00193. The fourth-order valence-electron chi connectivity index (χ4n) is 3.02. The molecular formula is C17H23N7O. The van der Waals surface area contributed by atoms with E-state index < -0.39 is 0 Å². The number of carbonyl (C=O) groups excluding carboxylic acids is 1. The number of nitrogens with zero attached hydrogens (tertiary/aromatic N) is 6. The van der Waals surface area contributed by atoms with Gasteiger partial charge in [0.1, 0.15) is 12.1 Å². The largest absolute Gasteiger partial charge is 0.368 e. The number of hydrogen-bond acceptors (Lipinski definition) is 7. The third-order valence-corrected chi connectivity index (χ3v) is 4.26. The summed E-state index contributed by atoms with van der Waals surface area (Å²) in [6.07, 6.45) is 4.85. The summed E-state index contributed by atoms with van der Waals surface area (Å²) >= 11 is 0. The van der Waals surface area contributed by atoms with Gasteiger partial charge >= 0.3 is 0 Å². The SMILES string of the molecule is CCCc1ncncc1C(=O)N1CCN(c2cc(C)nc(N)n2)CC1. The molecule has 1 aliphatic rings. The Morgan fingerprint density at radius 3 is 2.68 bits per heavy atom. The molecule has 0 aromatic carbocycles. The molecule has 2 N–H and O–H groups in total. The lowest BCUT2D eigenvalue weighted by Crippen LogP contribution is -2.49. The predicted octanol–water partition coefficient (Wildman–Crippen LogP) is 1.07. The van der Waals surface area contributed by atoms with Gasteiger partial charge in [-0.3, -0.25) is 4.79 Å². The summed E-state index contributed by atoms with van der Waals surface area (Å²) in [4.78, 5) is 33.5. The second-order valence-corrected chi connectivity index (χ2v) is 6.14. The number of nitrogens with two attached hydrogens (primary N) is 1. The first kappa shape index (κ1) is 17.1. The number of amides is 1. The van der Waals surface area contributed by atoms with E-state index in [1.807, 2.05) is 17.9 Å². The topological polar surface area (TPSA) is 101 Å². The van der Waals surface area contributed by atoms with Gasteiger partial charge in [-0.1, -0.05) is 13.3 Å². The highest BCUT2D eigenvalue weighted by Crippen LogP contribution is 2.18. The quantitative estimate of drug-likeness (QED) is 0.887. The molecule has 0 bridgehead atoms. The monoisotopic (exact) mass is 341 g/mol. The Morgan fingerprint density at radius 1 is 1.24 bits per heavy atom. The number of anilines is 2. The Morgan fingerprint density at radius 2 is 2.00 bits per heavy atom. The van der Waals surface area contributed by atoms with Crippen LogP contribution in [0.3, 0.4) is 0 Å². The molecule has 3 rings (SSSR count). The molecular weight excluding hydrogens is 318 g/mol. The van der Waals surface area contributed by atoms with E-state index in [1.54, 1.807) is 6.20 Å². The van der Waals surface area contributed by atoms with Crippen molar-refractivity contribution in [3.8, 4) is 0 Å². The van der Waals surface area contributed by atoms with Gasteiger partial charge in [0.05, 0.1) is 11.3 Å². The van der Waals surface area contributed by atoms with Crippen molar-refractivity contribution in [2.75, 3.05) is 36.8 Å². The van der Waals surface area contributed by atoms with Gasteiger partial charge in [0, 0.05) is 44.1 Å². The second-order valence-electron chi connectivity index (χ2n) is 6.14. The molecule has 8 nitrogen and oxygen atoms in total. The molecule has 0 saturated carbocycles. The molecule has 0 radical (unpaired) electrons. The van der Waals surface area contributed by atoms with Crippen LogP contribution in [0.5, 0.6) is 0 Å². The zero-order chi connectivity index (χ0) is 17.8.